The fourth-order valence-corrected chi connectivity index (χ4v) is 3.40. The van der Waals surface area contributed by atoms with Gasteiger partial charge in [0.15, 0.2) is 0 Å². The van der Waals surface area contributed by atoms with Gasteiger partial charge in [0.1, 0.15) is 11.5 Å². The summed E-state index contributed by atoms with van der Waals surface area (Å²) >= 11 is 0. The zero-order chi connectivity index (χ0) is 12.9. The summed E-state index contributed by atoms with van der Waals surface area (Å²) < 4.78 is 5.78. The van der Waals surface area contributed by atoms with Gasteiger partial charge in [-0.3, -0.25) is 9.59 Å². The number of carbonyl (C=O) groups excluding carboxylic acids is 1. The zero-order valence-electron chi connectivity index (χ0n) is 10.3. The molecule has 1 N–H and O–H groups in total. The van der Waals surface area contributed by atoms with Crippen molar-refractivity contribution in [3.8, 4) is 0 Å². The van der Waals surface area contributed by atoms with Crippen molar-refractivity contribution in [2.75, 3.05) is 13.1 Å². The number of likely N-dealkylation sites (tertiary alicyclic amines) is 1. The number of unbranched alkanes of at least 4 members (excludes halogenated alkanes) is 1. The first-order valence-corrected chi connectivity index (χ1v) is 6.48. The van der Waals surface area contributed by atoms with Crippen LogP contribution < -0.4 is 0 Å². The van der Waals surface area contributed by atoms with Crippen LogP contribution in [0.5, 0.6) is 0 Å². The van der Waals surface area contributed by atoms with Crippen molar-refractivity contribution in [3.63, 3.8) is 0 Å². The van der Waals surface area contributed by atoms with Crippen LogP contribution in [0.1, 0.15) is 19.8 Å². The van der Waals surface area contributed by atoms with Crippen molar-refractivity contribution in [2.45, 2.75) is 31.5 Å². The predicted molar refractivity (Wildman–Crippen MR) is 62.8 cm³/mol. The number of nitrogens with zero attached hydrogens (tertiary/aromatic N) is 1. The topological polar surface area (TPSA) is 66.8 Å². The summed E-state index contributed by atoms with van der Waals surface area (Å²) in [5.41, 5.74) is -0.668. The van der Waals surface area contributed by atoms with Crippen LogP contribution in [0, 0.1) is 11.8 Å². The van der Waals surface area contributed by atoms with Gasteiger partial charge in [0.2, 0.25) is 5.91 Å². The average molecular weight is 251 g/mol. The van der Waals surface area contributed by atoms with Crippen LogP contribution in [-0.2, 0) is 14.3 Å². The number of hydrogen-bond donors (Lipinski definition) is 1. The molecule has 5 heteroatoms. The minimum absolute atomic E-state index is 0.0531. The largest absolute Gasteiger partial charge is 0.481 e. The van der Waals surface area contributed by atoms with Gasteiger partial charge in [-0.2, -0.15) is 0 Å². The fourth-order valence-electron chi connectivity index (χ4n) is 3.40. The standard InChI is InChI=1S/C13H17NO4/c1-2-3-6-14-7-13-5-4-8(18-13)9(12(16)17)10(13)11(14)15/h4-5,8-10H,2-3,6-7H2,1H3,(H,16,17)/t8-,9-,10+,13+/m0/s1. The Bertz CT molecular complexity index is 433. The first-order chi connectivity index (χ1) is 8.59. The van der Waals surface area contributed by atoms with Crippen LogP contribution in [0.3, 0.4) is 0 Å². The van der Waals surface area contributed by atoms with Gasteiger partial charge in [-0.15, -0.1) is 0 Å². The number of carboxylic acids is 1. The Labute approximate surface area is 105 Å². The average Bonchev–Trinajstić information content (AvgIpc) is 2.95. The van der Waals surface area contributed by atoms with E-state index in [9.17, 15) is 14.7 Å². The number of aliphatic carboxylic acids is 1. The molecule has 2 bridgehead atoms. The van der Waals surface area contributed by atoms with Crippen molar-refractivity contribution in [2.24, 2.45) is 11.8 Å². The maximum Gasteiger partial charge on any atom is 0.310 e. The normalized spacial score (nSPS) is 40.6. The lowest BCUT2D eigenvalue weighted by molar-refractivity contribution is -0.148. The summed E-state index contributed by atoms with van der Waals surface area (Å²) in [5, 5.41) is 9.27. The number of ether oxygens (including phenoxy) is 1. The summed E-state index contributed by atoms with van der Waals surface area (Å²) in [6.45, 7) is 3.27. The van der Waals surface area contributed by atoms with Gasteiger partial charge in [0.25, 0.3) is 0 Å². The molecule has 0 unspecified atom stereocenters. The van der Waals surface area contributed by atoms with Crippen LogP contribution >= 0.6 is 0 Å². The van der Waals surface area contributed by atoms with E-state index in [2.05, 4.69) is 6.92 Å². The van der Waals surface area contributed by atoms with E-state index in [-0.39, 0.29) is 5.91 Å². The molecule has 3 aliphatic rings. The molecule has 1 spiro atoms. The first kappa shape index (κ1) is 11.7. The molecule has 5 nitrogen and oxygen atoms in total. The molecule has 2 fully saturated rings. The third-order valence-electron chi connectivity index (χ3n) is 4.25. The van der Waals surface area contributed by atoms with Crippen molar-refractivity contribution >= 4 is 11.9 Å². The number of fused-ring (bicyclic) bond motifs is 1. The third-order valence-corrected chi connectivity index (χ3v) is 4.25. The van der Waals surface area contributed by atoms with Crippen molar-refractivity contribution < 1.29 is 19.4 Å². The van der Waals surface area contributed by atoms with Gasteiger partial charge in [-0.05, 0) is 6.42 Å². The Kier molecular flexibility index (Phi) is 2.48. The van der Waals surface area contributed by atoms with Crippen LogP contribution in [0.15, 0.2) is 12.2 Å². The quantitative estimate of drug-likeness (QED) is 0.745. The first-order valence-electron chi connectivity index (χ1n) is 6.48. The molecule has 0 aromatic rings. The van der Waals surface area contributed by atoms with E-state index in [1.54, 1.807) is 11.0 Å². The van der Waals surface area contributed by atoms with E-state index in [1.807, 2.05) is 6.08 Å². The summed E-state index contributed by atoms with van der Waals surface area (Å²) in [5.74, 6) is -2.22. The highest BCUT2D eigenvalue weighted by Crippen LogP contribution is 2.51. The molecule has 4 atom stereocenters. The van der Waals surface area contributed by atoms with Crippen molar-refractivity contribution in [1.82, 2.24) is 4.90 Å². The molecule has 3 rings (SSSR count). The fraction of sp³-hybridized carbons (Fsp3) is 0.692. The number of carbonyl (C=O) groups is 2. The lowest BCUT2D eigenvalue weighted by atomic mass is 9.77. The van der Waals surface area contributed by atoms with E-state index >= 15 is 0 Å². The minimum Gasteiger partial charge on any atom is -0.481 e. The Balaban J connectivity index is 1.87. The van der Waals surface area contributed by atoms with Gasteiger partial charge in [0, 0.05) is 6.54 Å². The Morgan fingerprint density at radius 3 is 3.11 bits per heavy atom. The Morgan fingerprint density at radius 1 is 1.67 bits per heavy atom. The lowest BCUT2D eigenvalue weighted by Gasteiger charge is -2.21. The van der Waals surface area contributed by atoms with Gasteiger partial charge >= 0.3 is 5.97 Å². The molecule has 1 amide bonds. The van der Waals surface area contributed by atoms with Gasteiger partial charge in [0.05, 0.1) is 18.6 Å². The van der Waals surface area contributed by atoms with Crippen molar-refractivity contribution in [3.05, 3.63) is 12.2 Å². The molecule has 0 aromatic heterocycles. The van der Waals surface area contributed by atoms with E-state index < -0.39 is 29.5 Å². The maximum atomic E-state index is 12.3. The second-order valence-corrected chi connectivity index (χ2v) is 5.35. The van der Waals surface area contributed by atoms with E-state index in [4.69, 9.17) is 4.74 Å². The molecule has 0 radical (unpaired) electrons. The Morgan fingerprint density at radius 2 is 2.44 bits per heavy atom. The molecular weight excluding hydrogens is 234 g/mol. The van der Waals surface area contributed by atoms with Gasteiger partial charge in [-0.1, -0.05) is 25.5 Å². The smallest absolute Gasteiger partial charge is 0.310 e. The monoisotopic (exact) mass is 251 g/mol. The molecule has 3 aliphatic heterocycles. The summed E-state index contributed by atoms with van der Waals surface area (Å²) in [6.07, 6.45) is 5.23. The number of hydrogen-bond acceptors (Lipinski definition) is 3. The molecule has 2 saturated heterocycles. The number of carboxylic acid groups (broad SMARTS) is 1. The number of rotatable bonds is 4. The lowest BCUT2D eigenvalue weighted by Crippen LogP contribution is -2.39. The highest BCUT2D eigenvalue weighted by atomic mass is 16.5. The predicted octanol–water partition coefficient (Wildman–Crippen LogP) is 0.653. The summed E-state index contributed by atoms with van der Waals surface area (Å²) in [7, 11) is 0. The van der Waals surface area contributed by atoms with Gasteiger partial charge in [-0.25, -0.2) is 0 Å². The molecular formula is C13H17NO4. The van der Waals surface area contributed by atoms with Crippen LogP contribution in [0.2, 0.25) is 0 Å². The third kappa shape index (κ3) is 1.37. The second kappa shape index (κ2) is 3.82. The SMILES string of the molecule is CCCCN1C[C@@]23C=C[C@H](O2)[C@H](C(=O)O)[C@@H]3C1=O. The highest BCUT2D eigenvalue weighted by molar-refractivity contribution is 5.90. The minimum atomic E-state index is -0.929. The van der Waals surface area contributed by atoms with E-state index in [0.717, 1.165) is 12.8 Å². The summed E-state index contributed by atoms with van der Waals surface area (Å²) in [4.78, 5) is 25.4. The molecule has 0 aromatic carbocycles. The zero-order valence-corrected chi connectivity index (χ0v) is 10.3. The second-order valence-electron chi connectivity index (χ2n) is 5.35. The molecule has 0 aliphatic carbocycles. The molecule has 0 saturated carbocycles. The van der Waals surface area contributed by atoms with Gasteiger partial charge < -0.3 is 14.7 Å². The highest BCUT2D eigenvalue weighted by Gasteiger charge is 2.66. The number of amides is 1. The van der Waals surface area contributed by atoms with Crippen LogP contribution in [0.4, 0.5) is 0 Å². The summed E-state index contributed by atoms with van der Waals surface area (Å²) in [6, 6.07) is 0. The molecule has 3 heterocycles. The van der Waals surface area contributed by atoms with E-state index in [0.29, 0.717) is 13.1 Å². The maximum absolute atomic E-state index is 12.3. The van der Waals surface area contributed by atoms with Crippen molar-refractivity contribution in [1.29, 1.82) is 0 Å². The molecule has 98 valence electrons. The van der Waals surface area contributed by atoms with E-state index in [1.165, 1.54) is 0 Å². The molecule has 18 heavy (non-hydrogen) atoms. The van der Waals surface area contributed by atoms with Crippen LogP contribution in [0.25, 0.3) is 0 Å². The Hall–Kier alpha value is -1.36. The van der Waals surface area contributed by atoms with Crippen LogP contribution in [-0.4, -0.2) is 46.7 Å².